The quantitative estimate of drug-likeness (QED) is 0.518. The summed E-state index contributed by atoms with van der Waals surface area (Å²) in [7, 11) is 0. The van der Waals surface area contributed by atoms with E-state index < -0.39 is 0 Å². The molecule has 0 atom stereocenters. The summed E-state index contributed by atoms with van der Waals surface area (Å²) < 4.78 is 0. The molecule has 3 heteroatoms. The Morgan fingerprint density at radius 1 is 1.06 bits per heavy atom. The van der Waals surface area contributed by atoms with Crippen LogP contribution in [-0.4, -0.2) is 0 Å². The summed E-state index contributed by atoms with van der Waals surface area (Å²) in [6.45, 7) is 2.20. The molecule has 0 bridgehead atoms. The van der Waals surface area contributed by atoms with Gasteiger partial charge in [-0.1, -0.05) is 48.0 Å². The van der Waals surface area contributed by atoms with E-state index in [1.807, 2.05) is 0 Å². The summed E-state index contributed by atoms with van der Waals surface area (Å²) in [5, 5.41) is 2.74. The van der Waals surface area contributed by atoms with E-state index >= 15 is 0 Å². The van der Waals surface area contributed by atoms with Crippen molar-refractivity contribution in [2.45, 2.75) is 13.3 Å². The van der Waals surface area contributed by atoms with Crippen molar-refractivity contribution in [1.29, 1.82) is 0 Å². The Hall–Kier alpha value is 0.283. The third-order valence-corrected chi connectivity index (χ3v) is 2.92. The third-order valence-electron chi connectivity index (χ3n) is 2.92. The maximum atomic E-state index is 3.23. The second-order valence-electron chi connectivity index (χ2n) is 4.10. The van der Waals surface area contributed by atoms with Crippen LogP contribution in [0.4, 0.5) is 0 Å². The van der Waals surface area contributed by atoms with Crippen molar-refractivity contribution < 1.29 is 18.5 Å². The van der Waals surface area contributed by atoms with Gasteiger partial charge in [-0.15, -0.1) is 0 Å². The van der Waals surface area contributed by atoms with Gasteiger partial charge in [-0.25, -0.2) is 0 Å². The molecule has 0 radical (unpaired) electrons. The summed E-state index contributed by atoms with van der Waals surface area (Å²) in [6, 6.07) is 13.1. The van der Waals surface area contributed by atoms with E-state index in [2.05, 4.69) is 73.8 Å². The topological polar surface area (TPSA) is 0 Å². The predicted molar refractivity (Wildman–Crippen MR) is 79.2 cm³/mol. The van der Waals surface area contributed by atoms with Gasteiger partial charge in [-0.2, -0.15) is 0 Å². The van der Waals surface area contributed by atoms with Gasteiger partial charge in [0.1, 0.15) is 0 Å². The molecule has 0 heterocycles. The van der Waals surface area contributed by atoms with Crippen LogP contribution in [-0.2, 0) is 25.0 Å². The summed E-state index contributed by atoms with van der Waals surface area (Å²) in [4.78, 5) is 0. The van der Waals surface area contributed by atoms with Crippen molar-refractivity contribution in [3.63, 3.8) is 0 Å². The Labute approximate surface area is 125 Å². The van der Waals surface area contributed by atoms with E-state index in [1.54, 1.807) is 0 Å². The summed E-state index contributed by atoms with van der Waals surface area (Å²) in [6.07, 6.45) is 3.44. The van der Waals surface area contributed by atoms with Crippen LogP contribution in [0.3, 0.4) is 0 Å². The summed E-state index contributed by atoms with van der Waals surface area (Å²) in [5.41, 5.74) is 4.37. The first-order chi connectivity index (χ1) is 8.26. The Bertz CT molecular complexity index is 561. The van der Waals surface area contributed by atoms with Crippen LogP contribution in [0.5, 0.6) is 0 Å². The van der Waals surface area contributed by atoms with E-state index in [0.717, 1.165) is 6.42 Å². The molecule has 3 rings (SSSR count). The van der Waals surface area contributed by atoms with Gasteiger partial charge in [0.25, 0.3) is 0 Å². The number of fused-ring (bicyclic) bond motifs is 3. The monoisotopic (exact) mass is 428 g/mol. The van der Waals surface area contributed by atoms with Crippen LogP contribution in [0.15, 0.2) is 42.0 Å². The fourth-order valence-corrected chi connectivity index (χ4v) is 2.26. The number of halogens is 2. The molecule has 0 spiro atoms. The van der Waals surface area contributed by atoms with Crippen molar-refractivity contribution >= 4 is 41.3 Å². The van der Waals surface area contributed by atoms with Crippen molar-refractivity contribution in [2.75, 3.05) is 0 Å². The number of hydrogen-bond acceptors (Lipinski definition) is 0. The molecule has 0 nitrogen and oxygen atoms in total. The molecule has 0 aromatic heterocycles. The zero-order chi connectivity index (χ0) is 12.3. The molecule has 1 aliphatic rings. The second kappa shape index (κ2) is 6.45. The molecule has 2 aromatic carbocycles. The zero-order valence-electron chi connectivity index (χ0n) is 9.50. The first kappa shape index (κ1) is 13.7. The average Bonchev–Trinajstić information content (AvgIpc) is 2.71. The predicted octanol–water partition coefficient (Wildman–Crippen LogP) is 5.49. The molecule has 0 amide bonds. The van der Waals surface area contributed by atoms with Gasteiger partial charge in [0.15, 0.2) is 0 Å². The third kappa shape index (κ3) is 3.19. The van der Waals surface area contributed by atoms with Crippen LogP contribution in [0, 0.1) is 0 Å². The Morgan fingerprint density at radius 3 is 2.53 bits per heavy atom. The van der Waals surface area contributed by atoms with E-state index in [4.69, 9.17) is 0 Å². The minimum atomic E-state index is -0.145. The van der Waals surface area contributed by atoms with E-state index in [0.29, 0.717) is 0 Å². The molecule has 0 saturated heterocycles. The van der Waals surface area contributed by atoms with E-state index in [-0.39, 0.29) is 18.5 Å². The molecule has 0 unspecified atom stereocenters. The van der Waals surface area contributed by atoms with Gasteiger partial charge in [-0.3, -0.25) is 0 Å². The number of hydrogen-bond donors (Lipinski definition) is 0. The first-order valence-electron chi connectivity index (χ1n) is 5.40. The van der Waals surface area contributed by atoms with Gasteiger partial charge in [0.05, 0.1) is 0 Å². The van der Waals surface area contributed by atoms with Crippen LogP contribution in [0.25, 0.3) is 16.8 Å². The fraction of sp³-hybridized carbons (Fsp3) is 0.143. The van der Waals surface area contributed by atoms with Gasteiger partial charge >= 0.3 is 43.0 Å². The maximum absolute atomic E-state index is 3.23. The van der Waals surface area contributed by atoms with Crippen LogP contribution in [0.2, 0.25) is 0 Å². The summed E-state index contributed by atoms with van der Waals surface area (Å²) in [5.74, 6) is 0. The Morgan fingerprint density at radius 2 is 1.76 bits per heavy atom. The standard InChI is InChI=1S/C14H12.2BrH.Zr/c1-10-8-12-7-6-11-4-2-3-5-13(11)14(12)9-10;;;/h2-7,9H,8H2,1H3;2*1H;/q;;;+2/p-2. The number of rotatable bonds is 0. The molecular formula is C14H12Br2Zr. The van der Waals surface area contributed by atoms with Gasteiger partial charge in [0.2, 0.25) is 0 Å². The number of allylic oxidation sites excluding steroid dienone is 1. The molecule has 2 aromatic rings. The normalized spacial score (nSPS) is 12.5. The van der Waals surface area contributed by atoms with Gasteiger partial charge in [0, 0.05) is 0 Å². The molecule has 0 N–H and O–H groups in total. The Kier molecular flexibility index (Phi) is 5.20. The SMILES string of the molecule is CC1=Cc2c(ccc3ccccc23)C1.[Br][Zr][Br]. The van der Waals surface area contributed by atoms with Gasteiger partial charge < -0.3 is 0 Å². The van der Waals surface area contributed by atoms with E-state index in [9.17, 15) is 0 Å². The van der Waals surface area contributed by atoms with Crippen molar-refractivity contribution in [3.05, 3.63) is 53.1 Å². The van der Waals surface area contributed by atoms with Crippen LogP contribution < -0.4 is 0 Å². The van der Waals surface area contributed by atoms with Crippen molar-refractivity contribution in [3.8, 4) is 0 Å². The molecule has 1 aliphatic carbocycles. The minimum absolute atomic E-state index is 0.145. The van der Waals surface area contributed by atoms with E-state index in [1.165, 1.54) is 27.5 Å². The molecular weight excluding hydrogens is 419 g/mol. The molecule has 0 fully saturated rings. The fourth-order valence-electron chi connectivity index (χ4n) is 2.26. The van der Waals surface area contributed by atoms with Gasteiger partial charge in [-0.05, 0) is 35.2 Å². The molecule has 86 valence electrons. The average molecular weight is 431 g/mol. The van der Waals surface area contributed by atoms with Crippen LogP contribution >= 0.6 is 24.4 Å². The molecule has 17 heavy (non-hydrogen) atoms. The Balaban J connectivity index is 0.000000329. The summed E-state index contributed by atoms with van der Waals surface area (Å²) >= 11 is 6.32. The number of benzene rings is 2. The van der Waals surface area contributed by atoms with Crippen LogP contribution in [0.1, 0.15) is 18.1 Å². The second-order valence-corrected chi connectivity index (χ2v) is 15.4. The van der Waals surface area contributed by atoms with Crippen molar-refractivity contribution in [2.24, 2.45) is 0 Å². The van der Waals surface area contributed by atoms with Crippen molar-refractivity contribution in [1.82, 2.24) is 0 Å². The molecule has 0 aliphatic heterocycles. The first-order valence-corrected chi connectivity index (χ1v) is 16.6. The molecule has 0 saturated carbocycles. The zero-order valence-corrected chi connectivity index (χ0v) is 15.1.